The van der Waals surface area contributed by atoms with E-state index in [0.29, 0.717) is 12.5 Å². The molecule has 3 rings (SSSR count). The van der Waals surface area contributed by atoms with E-state index in [0.717, 1.165) is 65.0 Å². The molecular weight excluding hydrogens is 270 g/mol. The summed E-state index contributed by atoms with van der Waals surface area (Å²) in [5, 5.41) is 0. The van der Waals surface area contributed by atoms with Gasteiger partial charge in [0.2, 0.25) is 5.91 Å². The predicted octanol–water partition coefficient (Wildman–Crippen LogP) is 1.46. The molecule has 3 aliphatic heterocycles. The van der Waals surface area contributed by atoms with Crippen molar-refractivity contribution in [2.24, 2.45) is 11.3 Å². The van der Waals surface area contributed by atoms with E-state index in [1.807, 2.05) is 0 Å². The van der Waals surface area contributed by atoms with Gasteiger partial charge in [-0.15, -0.1) is 0 Å². The highest BCUT2D eigenvalue weighted by atomic mass is 16.5. The molecule has 3 aliphatic rings. The van der Waals surface area contributed by atoms with Gasteiger partial charge in [-0.25, -0.2) is 0 Å². The fourth-order valence-electron chi connectivity index (χ4n) is 4.18. The number of ether oxygens (including phenoxy) is 3. The molecule has 0 spiro atoms. The number of carbonyl (C=O) groups excluding carboxylic acids is 1. The Hall–Kier alpha value is -0.650. The maximum absolute atomic E-state index is 12.8. The zero-order valence-corrected chi connectivity index (χ0v) is 13.0. The summed E-state index contributed by atoms with van der Waals surface area (Å²) in [4.78, 5) is 14.8. The number of piperidine rings is 1. The van der Waals surface area contributed by atoms with Gasteiger partial charge >= 0.3 is 0 Å². The maximum Gasteiger partial charge on any atom is 0.225 e. The van der Waals surface area contributed by atoms with Crippen LogP contribution in [0.15, 0.2) is 0 Å². The van der Waals surface area contributed by atoms with Gasteiger partial charge in [0.05, 0.1) is 12.7 Å². The number of nitrogens with zero attached hydrogens (tertiary/aromatic N) is 1. The molecule has 0 aromatic carbocycles. The van der Waals surface area contributed by atoms with Crippen molar-refractivity contribution in [1.29, 1.82) is 0 Å². The number of hydrogen-bond donors (Lipinski definition) is 0. The first-order valence-electron chi connectivity index (χ1n) is 8.22. The second-order valence-electron chi connectivity index (χ2n) is 6.69. The van der Waals surface area contributed by atoms with Gasteiger partial charge in [-0.2, -0.15) is 0 Å². The number of rotatable bonds is 3. The lowest BCUT2D eigenvalue weighted by Gasteiger charge is -2.50. The van der Waals surface area contributed by atoms with Gasteiger partial charge in [0.25, 0.3) is 0 Å². The molecule has 5 nitrogen and oxygen atoms in total. The molecule has 3 heterocycles. The van der Waals surface area contributed by atoms with Crippen LogP contribution in [0.1, 0.15) is 32.1 Å². The van der Waals surface area contributed by atoms with Crippen LogP contribution in [0, 0.1) is 11.3 Å². The fraction of sp³-hybridized carbons (Fsp3) is 0.938. The highest BCUT2D eigenvalue weighted by Crippen LogP contribution is 2.41. The fourth-order valence-corrected chi connectivity index (χ4v) is 4.18. The molecule has 0 aromatic heterocycles. The van der Waals surface area contributed by atoms with E-state index in [-0.39, 0.29) is 17.4 Å². The topological polar surface area (TPSA) is 48.0 Å². The molecule has 3 fully saturated rings. The molecule has 0 aromatic rings. The van der Waals surface area contributed by atoms with Crippen molar-refractivity contribution in [3.05, 3.63) is 0 Å². The van der Waals surface area contributed by atoms with E-state index >= 15 is 0 Å². The van der Waals surface area contributed by atoms with E-state index in [4.69, 9.17) is 14.2 Å². The quantitative estimate of drug-likeness (QED) is 0.791. The number of carbonyl (C=O) groups is 1. The Labute approximate surface area is 126 Å². The summed E-state index contributed by atoms with van der Waals surface area (Å²) < 4.78 is 16.8. The molecule has 0 bridgehead atoms. The van der Waals surface area contributed by atoms with Gasteiger partial charge in [0.15, 0.2) is 0 Å². The monoisotopic (exact) mass is 297 g/mol. The van der Waals surface area contributed by atoms with Crippen molar-refractivity contribution >= 4 is 5.91 Å². The van der Waals surface area contributed by atoms with Crippen LogP contribution in [0.25, 0.3) is 0 Å². The van der Waals surface area contributed by atoms with Gasteiger partial charge in [0, 0.05) is 51.4 Å². The van der Waals surface area contributed by atoms with E-state index in [2.05, 4.69) is 4.90 Å². The Morgan fingerprint density at radius 1 is 1.29 bits per heavy atom. The van der Waals surface area contributed by atoms with E-state index in [9.17, 15) is 4.79 Å². The third-order valence-electron chi connectivity index (χ3n) is 5.30. The number of likely N-dealkylation sites (tertiary alicyclic amines) is 1. The van der Waals surface area contributed by atoms with Crippen molar-refractivity contribution in [2.45, 2.75) is 38.2 Å². The summed E-state index contributed by atoms with van der Waals surface area (Å²) >= 11 is 0. The zero-order chi connectivity index (χ0) is 14.7. The summed E-state index contributed by atoms with van der Waals surface area (Å²) in [6, 6.07) is 0. The van der Waals surface area contributed by atoms with Crippen molar-refractivity contribution in [3.8, 4) is 0 Å². The Bertz CT molecular complexity index is 365. The SMILES string of the molecule is COC[C@@]12CCCO[C@@H]1CCN(C(=O)C1CCOCC1)C2. The molecule has 5 heteroatoms. The summed E-state index contributed by atoms with van der Waals surface area (Å²) in [6.45, 7) is 4.60. The first-order valence-corrected chi connectivity index (χ1v) is 8.22. The van der Waals surface area contributed by atoms with Gasteiger partial charge in [0.1, 0.15) is 0 Å². The van der Waals surface area contributed by atoms with Crippen molar-refractivity contribution in [2.75, 3.05) is 46.6 Å². The summed E-state index contributed by atoms with van der Waals surface area (Å²) in [7, 11) is 1.75. The van der Waals surface area contributed by atoms with Crippen molar-refractivity contribution < 1.29 is 19.0 Å². The minimum Gasteiger partial charge on any atom is -0.384 e. The molecule has 0 N–H and O–H groups in total. The van der Waals surface area contributed by atoms with E-state index < -0.39 is 0 Å². The van der Waals surface area contributed by atoms with Crippen molar-refractivity contribution in [3.63, 3.8) is 0 Å². The predicted molar refractivity (Wildman–Crippen MR) is 78.0 cm³/mol. The molecule has 0 saturated carbocycles. The lowest BCUT2D eigenvalue weighted by atomic mass is 9.72. The van der Waals surface area contributed by atoms with E-state index in [1.165, 1.54) is 0 Å². The number of hydrogen-bond acceptors (Lipinski definition) is 4. The summed E-state index contributed by atoms with van der Waals surface area (Å²) in [5.74, 6) is 0.470. The smallest absolute Gasteiger partial charge is 0.225 e. The second kappa shape index (κ2) is 6.63. The lowest BCUT2D eigenvalue weighted by molar-refractivity contribution is -0.166. The summed E-state index contributed by atoms with van der Waals surface area (Å²) in [6.07, 6.45) is 5.10. The second-order valence-corrected chi connectivity index (χ2v) is 6.69. The molecule has 120 valence electrons. The number of methoxy groups -OCH3 is 1. The van der Waals surface area contributed by atoms with Gasteiger partial charge in [-0.3, -0.25) is 4.79 Å². The minimum absolute atomic E-state index is 0.00603. The Morgan fingerprint density at radius 3 is 2.86 bits per heavy atom. The van der Waals surface area contributed by atoms with Crippen LogP contribution in [-0.2, 0) is 19.0 Å². The molecule has 1 amide bonds. The number of amides is 1. The largest absolute Gasteiger partial charge is 0.384 e. The Kier molecular flexibility index (Phi) is 4.82. The standard InChI is InChI=1S/C16H27NO4/c1-19-12-16-6-2-8-21-14(16)3-7-17(11-16)15(18)13-4-9-20-10-5-13/h13-14H,2-12H2,1H3/t14-,16+/m1/s1. The minimum atomic E-state index is 0.00603. The van der Waals surface area contributed by atoms with Crippen LogP contribution < -0.4 is 0 Å². The molecule has 21 heavy (non-hydrogen) atoms. The van der Waals surface area contributed by atoms with Crippen LogP contribution in [0.5, 0.6) is 0 Å². The highest BCUT2D eigenvalue weighted by molar-refractivity contribution is 5.79. The maximum atomic E-state index is 12.8. The van der Waals surface area contributed by atoms with Crippen LogP contribution in [0.2, 0.25) is 0 Å². The van der Waals surface area contributed by atoms with Crippen LogP contribution >= 0.6 is 0 Å². The summed E-state index contributed by atoms with van der Waals surface area (Å²) in [5.41, 5.74) is 0.00603. The lowest BCUT2D eigenvalue weighted by Crippen LogP contribution is -2.58. The Morgan fingerprint density at radius 2 is 2.10 bits per heavy atom. The van der Waals surface area contributed by atoms with Gasteiger partial charge in [-0.05, 0) is 32.1 Å². The van der Waals surface area contributed by atoms with Gasteiger partial charge in [-0.1, -0.05) is 0 Å². The first kappa shape index (κ1) is 15.3. The van der Waals surface area contributed by atoms with Crippen LogP contribution in [0.4, 0.5) is 0 Å². The third kappa shape index (κ3) is 3.10. The van der Waals surface area contributed by atoms with Crippen LogP contribution in [-0.4, -0.2) is 63.5 Å². The third-order valence-corrected chi connectivity index (χ3v) is 5.30. The molecular formula is C16H27NO4. The molecule has 0 radical (unpaired) electrons. The number of fused-ring (bicyclic) bond motifs is 1. The zero-order valence-electron chi connectivity index (χ0n) is 13.0. The van der Waals surface area contributed by atoms with Crippen molar-refractivity contribution in [1.82, 2.24) is 4.90 Å². The first-order chi connectivity index (χ1) is 10.2. The molecule has 3 saturated heterocycles. The molecule has 0 aliphatic carbocycles. The van der Waals surface area contributed by atoms with E-state index in [1.54, 1.807) is 7.11 Å². The average Bonchev–Trinajstić information content (AvgIpc) is 2.54. The average molecular weight is 297 g/mol. The molecule has 2 atom stereocenters. The molecule has 0 unspecified atom stereocenters. The van der Waals surface area contributed by atoms with Gasteiger partial charge < -0.3 is 19.1 Å². The normalized spacial score (nSPS) is 34.5. The highest BCUT2D eigenvalue weighted by Gasteiger charge is 2.47. The van der Waals surface area contributed by atoms with Crippen LogP contribution in [0.3, 0.4) is 0 Å². The Balaban J connectivity index is 1.68.